The SMILES string of the molecule is CC1NCCN([C@@H](CCOCc2ccccc2)C(O[SiH2]C(C)(C)C)(c2ccccc2)c2ccccc2)C1=O. The first-order chi connectivity index (χ1) is 18.3. The third-order valence-electron chi connectivity index (χ3n) is 7.09. The zero-order valence-corrected chi connectivity index (χ0v) is 24.6. The summed E-state index contributed by atoms with van der Waals surface area (Å²) in [6.45, 7) is 11.1. The number of nitrogens with one attached hydrogen (secondary N) is 1. The molecule has 3 aromatic carbocycles. The molecular formula is C32H42N2O3Si. The highest BCUT2D eigenvalue weighted by atomic mass is 28.2. The van der Waals surface area contributed by atoms with Crippen molar-refractivity contribution in [2.24, 2.45) is 0 Å². The minimum absolute atomic E-state index is 0.0733. The van der Waals surface area contributed by atoms with Crippen molar-refractivity contribution < 1.29 is 14.0 Å². The van der Waals surface area contributed by atoms with Crippen LogP contribution in [0, 0.1) is 0 Å². The van der Waals surface area contributed by atoms with E-state index in [4.69, 9.17) is 9.16 Å². The summed E-state index contributed by atoms with van der Waals surface area (Å²) in [5, 5.41) is 3.41. The fraction of sp³-hybridized carbons (Fsp3) is 0.406. The highest BCUT2D eigenvalue weighted by molar-refractivity contribution is 6.32. The minimum Gasteiger partial charge on any atom is -0.408 e. The number of carbonyl (C=O) groups excluding carboxylic acids is 1. The van der Waals surface area contributed by atoms with Gasteiger partial charge in [-0.2, -0.15) is 0 Å². The molecule has 0 spiro atoms. The molecule has 1 saturated heterocycles. The van der Waals surface area contributed by atoms with Crippen molar-refractivity contribution in [3.05, 3.63) is 108 Å². The molecule has 38 heavy (non-hydrogen) atoms. The summed E-state index contributed by atoms with van der Waals surface area (Å²) in [5.41, 5.74) is 2.50. The number of hydrogen-bond donors (Lipinski definition) is 1. The average Bonchev–Trinajstić information content (AvgIpc) is 2.93. The normalized spacial score (nSPS) is 17.7. The second kappa shape index (κ2) is 12.9. The Balaban J connectivity index is 1.78. The lowest BCUT2D eigenvalue weighted by molar-refractivity contribution is -0.144. The summed E-state index contributed by atoms with van der Waals surface area (Å²) in [4.78, 5) is 15.8. The van der Waals surface area contributed by atoms with E-state index in [2.05, 4.69) is 91.7 Å². The summed E-state index contributed by atoms with van der Waals surface area (Å²) in [5.74, 6) is 0.113. The van der Waals surface area contributed by atoms with Gasteiger partial charge in [-0.25, -0.2) is 0 Å². The van der Waals surface area contributed by atoms with Crippen LogP contribution in [0.2, 0.25) is 5.04 Å². The summed E-state index contributed by atoms with van der Waals surface area (Å²) in [6.07, 6.45) is 0.660. The zero-order valence-electron chi connectivity index (χ0n) is 23.2. The smallest absolute Gasteiger partial charge is 0.239 e. The van der Waals surface area contributed by atoms with E-state index in [-0.39, 0.29) is 23.0 Å². The van der Waals surface area contributed by atoms with E-state index in [9.17, 15) is 4.79 Å². The van der Waals surface area contributed by atoms with Crippen molar-refractivity contribution in [3.63, 3.8) is 0 Å². The van der Waals surface area contributed by atoms with Crippen LogP contribution in [-0.2, 0) is 26.2 Å². The molecule has 2 atom stereocenters. The molecule has 1 unspecified atom stereocenters. The molecule has 5 nitrogen and oxygen atoms in total. The number of rotatable bonds is 11. The second-order valence-corrected chi connectivity index (χ2v) is 14.1. The Kier molecular flexibility index (Phi) is 9.55. The third kappa shape index (κ3) is 6.80. The first-order valence-corrected chi connectivity index (χ1v) is 15.0. The Bertz CT molecular complexity index is 1100. The van der Waals surface area contributed by atoms with Gasteiger partial charge in [0.1, 0.15) is 5.60 Å². The third-order valence-corrected chi connectivity index (χ3v) is 8.55. The van der Waals surface area contributed by atoms with E-state index in [0.29, 0.717) is 26.2 Å². The topological polar surface area (TPSA) is 50.8 Å². The second-order valence-electron chi connectivity index (χ2n) is 11.4. The number of piperazine rings is 1. The summed E-state index contributed by atoms with van der Waals surface area (Å²) in [7, 11) is -1.02. The Morgan fingerprint density at radius 2 is 1.47 bits per heavy atom. The van der Waals surface area contributed by atoms with Crippen molar-refractivity contribution >= 4 is 15.7 Å². The van der Waals surface area contributed by atoms with Crippen molar-refractivity contribution in [2.75, 3.05) is 19.7 Å². The average molecular weight is 531 g/mol. The number of carbonyl (C=O) groups is 1. The van der Waals surface area contributed by atoms with Gasteiger partial charge in [0.15, 0.2) is 9.76 Å². The molecular weight excluding hydrogens is 488 g/mol. The quantitative estimate of drug-likeness (QED) is 0.279. The fourth-order valence-electron chi connectivity index (χ4n) is 5.21. The van der Waals surface area contributed by atoms with Crippen LogP contribution >= 0.6 is 0 Å². The molecule has 1 heterocycles. The van der Waals surface area contributed by atoms with Gasteiger partial charge in [-0.1, -0.05) is 112 Å². The van der Waals surface area contributed by atoms with Gasteiger partial charge in [-0.05, 0) is 35.1 Å². The van der Waals surface area contributed by atoms with Gasteiger partial charge < -0.3 is 19.4 Å². The number of hydrogen-bond acceptors (Lipinski definition) is 4. The summed E-state index contributed by atoms with van der Waals surface area (Å²) in [6, 6.07) is 30.7. The minimum atomic E-state index is -1.02. The van der Waals surface area contributed by atoms with Gasteiger partial charge in [0.05, 0.1) is 18.7 Å². The van der Waals surface area contributed by atoms with E-state index in [1.54, 1.807) is 0 Å². The monoisotopic (exact) mass is 530 g/mol. The molecule has 0 radical (unpaired) electrons. The lowest BCUT2D eigenvalue weighted by Gasteiger charge is -2.49. The summed E-state index contributed by atoms with van der Waals surface area (Å²) >= 11 is 0. The molecule has 1 N–H and O–H groups in total. The Morgan fingerprint density at radius 3 is 2.03 bits per heavy atom. The fourth-order valence-corrected chi connectivity index (χ4v) is 6.40. The maximum absolute atomic E-state index is 13.7. The van der Waals surface area contributed by atoms with E-state index in [0.717, 1.165) is 23.2 Å². The van der Waals surface area contributed by atoms with Gasteiger partial charge in [-0.3, -0.25) is 4.79 Å². The Labute approximate surface area is 230 Å². The molecule has 1 amide bonds. The van der Waals surface area contributed by atoms with Gasteiger partial charge in [0.2, 0.25) is 5.91 Å². The number of ether oxygens (including phenoxy) is 1. The van der Waals surface area contributed by atoms with Crippen molar-refractivity contribution in [1.82, 2.24) is 10.2 Å². The van der Waals surface area contributed by atoms with Crippen LogP contribution in [-0.4, -0.2) is 52.4 Å². The standard InChI is InChI=1S/C32H42N2O3Si/c1-25-30(35)34(22-21-33-25)29(20-23-36-24-26-14-8-5-9-15-26)32(37-38-31(2,3)4,27-16-10-6-11-17-27)28-18-12-7-13-19-28/h5-19,25,29,33H,20-24,38H2,1-4H3/t25?,29-/m0/s1. The molecule has 6 heteroatoms. The van der Waals surface area contributed by atoms with Crippen molar-refractivity contribution in [1.29, 1.82) is 0 Å². The molecule has 3 aromatic rings. The van der Waals surface area contributed by atoms with Crippen LogP contribution in [0.4, 0.5) is 0 Å². The van der Waals surface area contributed by atoms with E-state index in [1.807, 2.05) is 37.3 Å². The van der Waals surface area contributed by atoms with Crippen LogP contribution in [0.15, 0.2) is 91.0 Å². The first-order valence-electron chi connectivity index (χ1n) is 13.7. The van der Waals surface area contributed by atoms with Gasteiger partial charge in [0.25, 0.3) is 0 Å². The first kappa shape index (κ1) is 28.2. The number of amides is 1. The maximum atomic E-state index is 13.7. The number of benzene rings is 3. The van der Waals surface area contributed by atoms with Crippen LogP contribution in [0.5, 0.6) is 0 Å². The van der Waals surface area contributed by atoms with Gasteiger partial charge in [-0.15, -0.1) is 0 Å². The van der Waals surface area contributed by atoms with Crippen LogP contribution in [0.1, 0.15) is 50.8 Å². The molecule has 1 aliphatic heterocycles. The predicted molar refractivity (Wildman–Crippen MR) is 157 cm³/mol. The van der Waals surface area contributed by atoms with E-state index in [1.165, 1.54) is 0 Å². The van der Waals surface area contributed by atoms with Gasteiger partial charge in [0, 0.05) is 19.7 Å². The van der Waals surface area contributed by atoms with Crippen LogP contribution in [0.25, 0.3) is 0 Å². The van der Waals surface area contributed by atoms with Crippen molar-refractivity contribution in [2.45, 2.75) is 63.4 Å². The highest BCUT2D eigenvalue weighted by Crippen LogP contribution is 2.43. The van der Waals surface area contributed by atoms with Crippen LogP contribution in [0.3, 0.4) is 0 Å². The molecule has 202 valence electrons. The van der Waals surface area contributed by atoms with E-state index >= 15 is 0 Å². The molecule has 0 aliphatic carbocycles. The zero-order chi connectivity index (χ0) is 27.0. The van der Waals surface area contributed by atoms with Crippen LogP contribution < -0.4 is 5.32 Å². The predicted octanol–water partition coefficient (Wildman–Crippen LogP) is 5.04. The highest BCUT2D eigenvalue weighted by Gasteiger charge is 2.48. The molecule has 0 aromatic heterocycles. The Morgan fingerprint density at radius 1 is 0.921 bits per heavy atom. The lowest BCUT2D eigenvalue weighted by Crippen LogP contribution is -2.63. The number of nitrogens with zero attached hydrogens (tertiary/aromatic N) is 1. The molecule has 1 aliphatic rings. The Hall–Kier alpha value is -2.77. The molecule has 0 saturated carbocycles. The molecule has 1 fully saturated rings. The molecule has 0 bridgehead atoms. The maximum Gasteiger partial charge on any atom is 0.239 e. The summed E-state index contributed by atoms with van der Waals surface area (Å²) < 4.78 is 13.5. The lowest BCUT2D eigenvalue weighted by atomic mass is 9.77. The van der Waals surface area contributed by atoms with Gasteiger partial charge >= 0.3 is 0 Å². The van der Waals surface area contributed by atoms with E-state index < -0.39 is 15.4 Å². The molecule has 4 rings (SSSR count). The largest absolute Gasteiger partial charge is 0.408 e. The van der Waals surface area contributed by atoms with Crippen molar-refractivity contribution in [3.8, 4) is 0 Å².